The van der Waals surface area contributed by atoms with Crippen molar-refractivity contribution in [1.29, 1.82) is 0 Å². The van der Waals surface area contributed by atoms with Crippen molar-refractivity contribution < 1.29 is 14.4 Å². The van der Waals surface area contributed by atoms with E-state index in [-0.39, 0.29) is 18.1 Å². The second-order valence-corrected chi connectivity index (χ2v) is 4.99. The van der Waals surface area contributed by atoms with Crippen LogP contribution in [-0.2, 0) is 16.1 Å². The molecular weight excluding hydrogens is 294 g/mol. The molecule has 0 saturated carbocycles. The zero-order valence-electron chi connectivity index (χ0n) is 12.7. The van der Waals surface area contributed by atoms with Crippen LogP contribution in [0.25, 0.3) is 0 Å². The molecule has 0 bridgehead atoms. The molecule has 0 aliphatic heterocycles. The predicted octanol–water partition coefficient (Wildman–Crippen LogP) is 1.93. The Hall–Kier alpha value is -3.02. The average Bonchev–Trinajstić information content (AvgIpc) is 2.54. The summed E-state index contributed by atoms with van der Waals surface area (Å²) in [6.45, 7) is 1.79. The smallest absolute Gasteiger partial charge is 0.233 e. The normalized spacial score (nSPS) is 9.96. The average molecular weight is 311 g/mol. The van der Waals surface area contributed by atoms with E-state index in [0.717, 1.165) is 5.56 Å². The van der Waals surface area contributed by atoms with Crippen molar-refractivity contribution in [3.63, 3.8) is 0 Å². The van der Waals surface area contributed by atoms with Crippen LogP contribution in [0.4, 0.5) is 5.69 Å². The molecule has 0 fully saturated rings. The molecule has 1 heterocycles. The van der Waals surface area contributed by atoms with E-state index in [2.05, 4.69) is 15.6 Å². The van der Waals surface area contributed by atoms with Crippen molar-refractivity contribution in [2.45, 2.75) is 19.9 Å². The first-order chi connectivity index (χ1) is 11.0. The first-order valence-corrected chi connectivity index (χ1v) is 7.11. The molecule has 1 aromatic heterocycles. The molecule has 0 aliphatic carbocycles. The minimum Gasteiger partial charge on any atom is -0.352 e. The first kappa shape index (κ1) is 16.4. The number of aromatic nitrogens is 1. The van der Waals surface area contributed by atoms with Crippen molar-refractivity contribution in [2.24, 2.45) is 0 Å². The van der Waals surface area contributed by atoms with Crippen LogP contribution in [-0.4, -0.2) is 22.6 Å². The largest absolute Gasteiger partial charge is 0.352 e. The monoisotopic (exact) mass is 311 g/mol. The van der Waals surface area contributed by atoms with Crippen LogP contribution >= 0.6 is 0 Å². The summed E-state index contributed by atoms with van der Waals surface area (Å²) < 4.78 is 0. The van der Waals surface area contributed by atoms with E-state index < -0.39 is 5.91 Å². The van der Waals surface area contributed by atoms with Crippen molar-refractivity contribution in [3.8, 4) is 0 Å². The highest BCUT2D eigenvalue weighted by atomic mass is 16.2. The number of hydrogen-bond donors (Lipinski definition) is 2. The van der Waals surface area contributed by atoms with Gasteiger partial charge in [-0.3, -0.25) is 19.4 Å². The van der Waals surface area contributed by atoms with Crippen LogP contribution in [0.5, 0.6) is 0 Å². The van der Waals surface area contributed by atoms with Gasteiger partial charge >= 0.3 is 0 Å². The highest BCUT2D eigenvalue weighted by molar-refractivity contribution is 6.04. The molecule has 1 aromatic carbocycles. The number of pyridine rings is 1. The summed E-state index contributed by atoms with van der Waals surface area (Å²) in [4.78, 5) is 38.8. The Morgan fingerprint density at radius 2 is 1.78 bits per heavy atom. The molecule has 6 heteroatoms. The zero-order chi connectivity index (χ0) is 16.7. The van der Waals surface area contributed by atoms with Crippen LogP contribution in [0, 0.1) is 0 Å². The van der Waals surface area contributed by atoms with E-state index >= 15 is 0 Å². The zero-order valence-corrected chi connectivity index (χ0v) is 12.7. The third kappa shape index (κ3) is 5.35. The molecular formula is C17H17N3O3. The van der Waals surface area contributed by atoms with Gasteiger partial charge in [-0.25, -0.2) is 0 Å². The van der Waals surface area contributed by atoms with Crippen LogP contribution in [0.1, 0.15) is 29.3 Å². The molecule has 2 N–H and O–H groups in total. The molecule has 6 nitrogen and oxygen atoms in total. The van der Waals surface area contributed by atoms with Gasteiger partial charge in [0.05, 0.1) is 0 Å². The molecule has 0 spiro atoms. The second kappa shape index (κ2) is 7.84. The van der Waals surface area contributed by atoms with E-state index in [0.29, 0.717) is 17.8 Å². The van der Waals surface area contributed by atoms with E-state index in [4.69, 9.17) is 0 Å². The van der Waals surface area contributed by atoms with Crippen molar-refractivity contribution in [1.82, 2.24) is 10.3 Å². The molecule has 23 heavy (non-hydrogen) atoms. The van der Waals surface area contributed by atoms with Crippen molar-refractivity contribution >= 4 is 23.3 Å². The first-order valence-electron chi connectivity index (χ1n) is 7.11. The summed E-state index contributed by atoms with van der Waals surface area (Å²) in [5, 5.41) is 5.27. The van der Waals surface area contributed by atoms with Crippen LogP contribution in [0.2, 0.25) is 0 Å². The Balaban J connectivity index is 1.83. The van der Waals surface area contributed by atoms with E-state index in [1.807, 2.05) is 0 Å². The number of nitrogens with one attached hydrogen (secondary N) is 2. The second-order valence-electron chi connectivity index (χ2n) is 4.99. The fraction of sp³-hybridized carbons (Fsp3) is 0.176. The Morgan fingerprint density at radius 3 is 2.48 bits per heavy atom. The van der Waals surface area contributed by atoms with E-state index in [1.54, 1.807) is 48.8 Å². The van der Waals surface area contributed by atoms with Gasteiger partial charge in [0.15, 0.2) is 5.78 Å². The maximum absolute atomic E-state index is 11.8. The molecule has 0 unspecified atom stereocenters. The maximum atomic E-state index is 11.8. The number of rotatable bonds is 6. The fourth-order valence-corrected chi connectivity index (χ4v) is 1.93. The minimum atomic E-state index is -0.432. The number of hydrogen-bond acceptors (Lipinski definition) is 4. The highest BCUT2D eigenvalue weighted by Crippen LogP contribution is 2.11. The van der Waals surface area contributed by atoms with Gasteiger partial charge in [-0.15, -0.1) is 0 Å². The third-order valence-corrected chi connectivity index (χ3v) is 3.11. The van der Waals surface area contributed by atoms with Gasteiger partial charge in [0, 0.05) is 30.2 Å². The molecule has 118 valence electrons. The number of nitrogens with zero attached hydrogens (tertiary/aromatic N) is 1. The highest BCUT2D eigenvalue weighted by Gasteiger charge is 2.10. The molecule has 0 atom stereocenters. The van der Waals surface area contributed by atoms with Crippen LogP contribution in [0.15, 0.2) is 48.8 Å². The number of benzene rings is 1. The Bertz CT molecular complexity index is 714. The van der Waals surface area contributed by atoms with E-state index in [1.165, 1.54) is 6.92 Å². The van der Waals surface area contributed by atoms with Gasteiger partial charge in [0.2, 0.25) is 11.8 Å². The van der Waals surface area contributed by atoms with Crippen molar-refractivity contribution in [2.75, 3.05) is 5.32 Å². The SMILES string of the molecule is CC(=O)c1cccc(NC(=O)CC(=O)NCc2ccncc2)c1. The van der Waals surface area contributed by atoms with Crippen LogP contribution < -0.4 is 10.6 Å². The lowest BCUT2D eigenvalue weighted by Crippen LogP contribution is -2.27. The third-order valence-electron chi connectivity index (χ3n) is 3.11. The topological polar surface area (TPSA) is 88.2 Å². The molecule has 0 aliphatic rings. The van der Waals surface area contributed by atoms with Gasteiger partial charge in [0.25, 0.3) is 0 Å². The summed E-state index contributed by atoms with van der Waals surface area (Å²) in [5.74, 6) is -0.892. The summed E-state index contributed by atoms with van der Waals surface area (Å²) in [6.07, 6.45) is 2.99. The van der Waals surface area contributed by atoms with Gasteiger partial charge in [-0.2, -0.15) is 0 Å². The molecule has 2 rings (SSSR count). The number of carbonyl (C=O) groups excluding carboxylic acids is 3. The number of amides is 2. The molecule has 2 amide bonds. The van der Waals surface area contributed by atoms with Gasteiger partial charge in [0.1, 0.15) is 6.42 Å². The molecule has 0 radical (unpaired) electrons. The molecule has 0 saturated heterocycles. The number of ketones is 1. The predicted molar refractivity (Wildman–Crippen MR) is 85.8 cm³/mol. The number of carbonyl (C=O) groups is 3. The standard InChI is InChI=1S/C17H17N3O3/c1-12(21)14-3-2-4-15(9-14)20-17(23)10-16(22)19-11-13-5-7-18-8-6-13/h2-9H,10-11H2,1H3,(H,19,22)(H,20,23). The van der Waals surface area contributed by atoms with Crippen LogP contribution in [0.3, 0.4) is 0 Å². The number of Topliss-reactive ketones (excluding diaryl/α,β-unsaturated/α-hetero) is 1. The minimum absolute atomic E-state index is 0.0869. The summed E-state index contributed by atoms with van der Waals surface area (Å²) in [7, 11) is 0. The Morgan fingerprint density at radius 1 is 1.04 bits per heavy atom. The van der Waals surface area contributed by atoms with E-state index in [9.17, 15) is 14.4 Å². The number of anilines is 1. The summed E-state index contributed by atoms with van der Waals surface area (Å²) in [5.41, 5.74) is 1.90. The summed E-state index contributed by atoms with van der Waals surface area (Å²) in [6, 6.07) is 10.2. The quantitative estimate of drug-likeness (QED) is 0.630. The van der Waals surface area contributed by atoms with Crippen molar-refractivity contribution in [3.05, 3.63) is 59.9 Å². The Kier molecular flexibility index (Phi) is 5.57. The lowest BCUT2D eigenvalue weighted by Gasteiger charge is -2.07. The molecule has 2 aromatic rings. The summed E-state index contributed by atoms with van der Waals surface area (Å²) >= 11 is 0. The fourth-order valence-electron chi connectivity index (χ4n) is 1.93. The van der Waals surface area contributed by atoms with Gasteiger partial charge in [-0.1, -0.05) is 12.1 Å². The maximum Gasteiger partial charge on any atom is 0.233 e. The lowest BCUT2D eigenvalue weighted by atomic mass is 10.1. The lowest BCUT2D eigenvalue weighted by molar-refractivity contribution is -0.126. The van der Waals surface area contributed by atoms with Gasteiger partial charge in [-0.05, 0) is 36.8 Å². The van der Waals surface area contributed by atoms with Gasteiger partial charge < -0.3 is 10.6 Å². The Labute approximate surface area is 133 Å².